The standard InChI is InChI=1S/C17H36N2O/c1-5-7-15-8-9-17(18-10-6-2)16(11-15)12-19(4)14(3)13-20/h14-18,20H,5-13H2,1-4H3. The van der Waals surface area contributed by atoms with Gasteiger partial charge in [-0.3, -0.25) is 0 Å². The quantitative estimate of drug-likeness (QED) is 0.683. The van der Waals surface area contributed by atoms with Crippen molar-refractivity contribution in [3.05, 3.63) is 0 Å². The first-order valence-electron chi connectivity index (χ1n) is 8.66. The summed E-state index contributed by atoms with van der Waals surface area (Å²) in [5.74, 6) is 1.66. The first-order valence-corrected chi connectivity index (χ1v) is 8.66. The zero-order chi connectivity index (χ0) is 15.0. The smallest absolute Gasteiger partial charge is 0.0584 e. The van der Waals surface area contributed by atoms with E-state index in [9.17, 15) is 5.11 Å². The van der Waals surface area contributed by atoms with E-state index in [1.165, 1.54) is 38.5 Å². The molecule has 1 rings (SSSR count). The number of hydrogen-bond donors (Lipinski definition) is 2. The summed E-state index contributed by atoms with van der Waals surface area (Å²) in [6, 6.07) is 0.949. The van der Waals surface area contributed by atoms with Gasteiger partial charge in [0.25, 0.3) is 0 Å². The van der Waals surface area contributed by atoms with Crippen LogP contribution < -0.4 is 5.32 Å². The van der Waals surface area contributed by atoms with Gasteiger partial charge in [0.1, 0.15) is 0 Å². The highest BCUT2D eigenvalue weighted by Gasteiger charge is 2.30. The maximum absolute atomic E-state index is 9.32. The van der Waals surface area contributed by atoms with E-state index in [1.54, 1.807) is 0 Å². The zero-order valence-electron chi connectivity index (χ0n) is 14.1. The van der Waals surface area contributed by atoms with E-state index in [4.69, 9.17) is 0 Å². The van der Waals surface area contributed by atoms with Crippen molar-refractivity contribution in [2.45, 2.75) is 71.4 Å². The van der Waals surface area contributed by atoms with Gasteiger partial charge in [-0.05, 0) is 58.0 Å². The molecule has 3 nitrogen and oxygen atoms in total. The van der Waals surface area contributed by atoms with Gasteiger partial charge in [-0.25, -0.2) is 0 Å². The fourth-order valence-electron chi connectivity index (χ4n) is 3.52. The molecule has 4 atom stereocenters. The van der Waals surface area contributed by atoms with E-state index in [-0.39, 0.29) is 12.6 Å². The lowest BCUT2D eigenvalue weighted by Gasteiger charge is -2.39. The Bertz CT molecular complexity index is 247. The molecule has 0 aliphatic heterocycles. The van der Waals surface area contributed by atoms with Gasteiger partial charge in [0.15, 0.2) is 0 Å². The summed E-state index contributed by atoms with van der Waals surface area (Å²) in [4.78, 5) is 2.33. The first kappa shape index (κ1) is 17.9. The van der Waals surface area contributed by atoms with Crippen molar-refractivity contribution in [2.75, 3.05) is 26.7 Å². The van der Waals surface area contributed by atoms with Gasteiger partial charge in [0, 0.05) is 18.6 Å². The number of aliphatic hydroxyl groups excluding tert-OH is 1. The Labute approximate surface area is 126 Å². The molecule has 0 aromatic heterocycles. The molecule has 0 amide bonds. The van der Waals surface area contributed by atoms with Gasteiger partial charge < -0.3 is 15.3 Å². The van der Waals surface area contributed by atoms with E-state index in [2.05, 4.69) is 38.0 Å². The minimum Gasteiger partial charge on any atom is -0.395 e. The van der Waals surface area contributed by atoms with Crippen molar-refractivity contribution in [3.63, 3.8) is 0 Å². The summed E-state index contributed by atoms with van der Waals surface area (Å²) in [5, 5.41) is 13.1. The average molecular weight is 284 g/mol. The second-order valence-corrected chi connectivity index (χ2v) is 6.76. The van der Waals surface area contributed by atoms with Crippen LogP contribution in [-0.2, 0) is 0 Å². The largest absolute Gasteiger partial charge is 0.395 e. The third-order valence-electron chi connectivity index (χ3n) is 4.98. The van der Waals surface area contributed by atoms with Crippen molar-refractivity contribution < 1.29 is 5.11 Å². The second-order valence-electron chi connectivity index (χ2n) is 6.76. The Balaban J connectivity index is 2.56. The van der Waals surface area contributed by atoms with Crippen LogP contribution in [0.4, 0.5) is 0 Å². The Kier molecular flexibility index (Phi) is 8.74. The molecule has 0 heterocycles. The molecule has 1 fully saturated rings. The van der Waals surface area contributed by atoms with Crippen LogP contribution in [0.3, 0.4) is 0 Å². The van der Waals surface area contributed by atoms with Crippen molar-refractivity contribution in [1.29, 1.82) is 0 Å². The lowest BCUT2D eigenvalue weighted by molar-refractivity contribution is 0.103. The van der Waals surface area contributed by atoms with Gasteiger partial charge in [0.2, 0.25) is 0 Å². The van der Waals surface area contributed by atoms with E-state index in [0.29, 0.717) is 6.04 Å². The van der Waals surface area contributed by atoms with Gasteiger partial charge in [-0.2, -0.15) is 0 Å². The van der Waals surface area contributed by atoms with Crippen LogP contribution in [0.25, 0.3) is 0 Å². The summed E-state index contributed by atoms with van der Waals surface area (Å²) >= 11 is 0. The number of aliphatic hydroxyl groups is 1. The fraction of sp³-hybridized carbons (Fsp3) is 1.00. The van der Waals surface area contributed by atoms with Gasteiger partial charge >= 0.3 is 0 Å². The summed E-state index contributed by atoms with van der Waals surface area (Å²) in [6.45, 7) is 9.17. The molecule has 0 spiro atoms. The van der Waals surface area contributed by atoms with Crippen molar-refractivity contribution in [3.8, 4) is 0 Å². The highest BCUT2D eigenvalue weighted by Crippen LogP contribution is 2.33. The van der Waals surface area contributed by atoms with Gasteiger partial charge in [-0.1, -0.05) is 26.7 Å². The molecular formula is C17H36N2O. The van der Waals surface area contributed by atoms with E-state index in [0.717, 1.165) is 24.9 Å². The average Bonchev–Trinajstić information content (AvgIpc) is 2.45. The van der Waals surface area contributed by atoms with Crippen LogP contribution >= 0.6 is 0 Å². The third kappa shape index (κ3) is 5.71. The van der Waals surface area contributed by atoms with E-state index in [1.807, 2.05) is 0 Å². The Hall–Kier alpha value is -0.120. The predicted molar refractivity (Wildman–Crippen MR) is 87.0 cm³/mol. The fourth-order valence-corrected chi connectivity index (χ4v) is 3.52. The van der Waals surface area contributed by atoms with Crippen molar-refractivity contribution in [2.24, 2.45) is 11.8 Å². The summed E-state index contributed by atoms with van der Waals surface area (Å²) in [5.41, 5.74) is 0. The van der Waals surface area contributed by atoms with Gasteiger partial charge in [0.05, 0.1) is 6.61 Å². The van der Waals surface area contributed by atoms with E-state index < -0.39 is 0 Å². The first-order chi connectivity index (χ1) is 9.62. The highest BCUT2D eigenvalue weighted by atomic mass is 16.3. The SMILES string of the molecule is CCCNC1CCC(CCC)CC1CN(C)C(C)CO. The van der Waals surface area contributed by atoms with Crippen LogP contribution in [0.2, 0.25) is 0 Å². The molecule has 3 heteroatoms. The molecule has 0 saturated heterocycles. The third-order valence-corrected chi connectivity index (χ3v) is 4.98. The monoisotopic (exact) mass is 284 g/mol. The zero-order valence-corrected chi connectivity index (χ0v) is 14.1. The number of hydrogen-bond acceptors (Lipinski definition) is 3. The van der Waals surface area contributed by atoms with Crippen LogP contribution in [0.5, 0.6) is 0 Å². The molecule has 1 aliphatic carbocycles. The molecule has 0 bridgehead atoms. The second kappa shape index (κ2) is 9.75. The maximum Gasteiger partial charge on any atom is 0.0584 e. The van der Waals surface area contributed by atoms with Crippen LogP contribution in [-0.4, -0.2) is 48.8 Å². The van der Waals surface area contributed by atoms with Crippen LogP contribution in [0, 0.1) is 11.8 Å². The molecule has 1 saturated carbocycles. The molecule has 0 aromatic rings. The summed E-state index contributed by atoms with van der Waals surface area (Å²) in [7, 11) is 2.15. The number of likely N-dealkylation sites (N-methyl/N-ethyl adjacent to an activating group) is 1. The molecule has 0 aromatic carbocycles. The summed E-state index contributed by atoms with van der Waals surface area (Å²) < 4.78 is 0. The van der Waals surface area contributed by atoms with Crippen molar-refractivity contribution in [1.82, 2.24) is 10.2 Å². The number of rotatable bonds is 9. The van der Waals surface area contributed by atoms with E-state index >= 15 is 0 Å². The maximum atomic E-state index is 9.32. The topological polar surface area (TPSA) is 35.5 Å². The minimum atomic E-state index is 0.259. The minimum absolute atomic E-state index is 0.259. The molecule has 1 aliphatic rings. The Morgan fingerprint density at radius 2 is 2.00 bits per heavy atom. The molecule has 120 valence electrons. The van der Waals surface area contributed by atoms with Gasteiger partial charge in [-0.15, -0.1) is 0 Å². The van der Waals surface area contributed by atoms with Crippen LogP contribution in [0.15, 0.2) is 0 Å². The van der Waals surface area contributed by atoms with Crippen molar-refractivity contribution >= 4 is 0 Å². The highest BCUT2D eigenvalue weighted by molar-refractivity contribution is 4.86. The molecule has 0 radical (unpaired) electrons. The lowest BCUT2D eigenvalue weighted by Crippen LogP contribution is -2.47. The Morgan fingerprint density at radius 3 is 2.60 bits per heavy atom. The van der Waals surface area contributed by atoms with Crippen LogP contribution in [0.1, 0.15) is 59.3 Å². The Morgan fingerprint density at radius 1 is 1.25 bits per heavy atom. The molecule has 4 unspecified atom stereocenters. The molecule has 20 heavy (non-hydrogen) atoms. The molecule has 2 N–H and O–H groups in total. The summed E-state index contributed by atoms with van der Waals surface area (Å²) in [6.07, 6.45) is 7.99. The molecular weight excluding hydrogens is 248 g/mol. The predicted octanol–water partition coefficient (Wildman–Crippen LogP) is 2.88. The normalized spacial score (nSPS) is 28.8. The number of nitrogens with zero attached hydrogens (tertiary/aromatic N) is 1. The lowest BCUT2D eigenvalue weighted by atomic mass is 9.76. The number of nitrogens with one attached hydrogen (secondary N) is 1.